The van der Waals surface area contributed by atoms with Crippen molar-refractivity contribution in [2.24, 2.45) is 0 Å². The van der Waals surface area contributed by atoms with Crippen molar-refractivity contribution in [3.05, 3.63) is 29.3 Å². The highest BCUT2D eigenvalue weighted by atomic mass is 19.1. The maximum Gasteiger partial charge on any atom is 0.130 e. The first kappa shape index (κ1) is 14.3. The molecule has 1 fully saturated rings. The Balaban J connectivity index is 1.97. The second-order valence-corrected chi connectivity index (χ2v) is 6.03. The first-order valence-corrected chi connectivity index (χ1v) is 7.24. The summed E-state index contributed by atoms with van der Waals surface area (Å²) < 4.78 is 13.9. The topological polar surface area (TPSA) is 24.1 Å². The summed E-state index contributed by atoms with van der Waals surface area (Å²) in [6.45, 7) is 7.30. The molecule has 1 aliphatic rings. The fourth-order valence-electron chi connectivity index (χ4n) is 2.56. The number of benzene rings is 1. The molecule has 1 aromatic carbocycles. The van der Waals surface area contributed by atoms with Crippen LogP contribution in [0.4, 0.5) is 10.1 Å². The van der Waals surface area contributed by atoms with Crippen LogP contribution < -0.4 is 10.6 Å². The molecule has 1 aliphatic heterocycles. The third-order valence-corrected chi connectivity index (χ3v) is 3.86. The predicted octanol–water partition coefficient (Wildman–Crippen LogP) is 3.75. The van der Waals surface area contributed by atoms with Crippen molar-refractivity contribution in [2.75, 3.05) is 18.4 Å². The molecule has 0 amide bonds. The number of hydrogen-bond donors (Lipinski definition) is 2. The van der Waals surface area contributed by atoms with Crippen LogP contribution in [0.1, 0.15) is 44.2 Å². The lowest BCUT2D eigenvalue weighted by Crippen LogP contribution is -2.39. The number of piperidine rings is 1. The van der Waals surface area contributed by atoms with Gasteiger partial charge in [0.2, 0.25) is 0 Å². The SMILES string of the molecule is Cc1cc(C(C)(C)F)ccc1NCC1CCCCN1. The quantitative estimate of drug-likeness (QED) is 0.865. The second kappa shape index (κ2) is 5.91. The van der Waals surface area contributed by atoms with Crippen LogP contribution in [-0.2, 0) is 5.67 Å². The predicted molar refractivity (Wildman–Crippen MR) is 79.4 cm³/mol. The van der Waals surface area contributed by atoms with E-state index in [0.29, 0.717) is 6.04 Å². The van der Waals surface area contributed by atoms with E-state index in [-0.39, 0.29) is 0 Å². The number of hydrogen-bond acceptors (Lipinski definition) is 2. The molecule has 0 aromatic heterocycles. The van der Waals surface area contributed by atoms with Crippen LogP contribution in [0.15, 0.2) is 18.2 Å². The van der Waals surface area contributed by atoms with Gasteiger partial charge in [0.15, 0.2) is 0 Å². The lowest BCUT2D eigenvalue weighted by Gasteiger charge is -2.25. The fourth-order valence-corrected chi connectivity index (χ4v) is 2.56. The van der Waals surface area contributed by atoms with Crippen molar-refractivity contribution >= 4 is 5.69 Å². The Bertz CT molecular complexity index is 417. The molecule has 1 atom stereocenters. The lowest BCUT2D eigenvalue weighted by molar-refractivity contribution is 0.221. The smallest absolute Gasteiger partial charge is 0.130 e. The van der Waals surface area contributed by atoms with Crippen LogP contribution >= 0.6 is 0 Å². The van der Waals surface area contributed by atoms with Crippen molar-refractivity contribution in [3.63, 3.8) is 0 Å². The molecule has 0 spiro atoms. The minimum absolute atomic E-state index is 0.561. The average molecular weight is 264 g/mol. The molecule has 2 N–H and O–H groups in total. The third kappa shape index (κ3) is 3.93. The number of nitrogens with one attached hydrogen (secondary N) is 2. The Kier molecular flexibility index (Phi) is 4.46. The van der Waals surface area contributed by atoms with Crippen molar-refractivity contribution in [1.82, 2.24) is 5.32 Å². The summed E-state index contributed by atoms with van der Waals surface area (Å²) in [4.78, 5) is 0. The first-order valence-electron chi connectivity index (χ1n) is 7.24. The number of anilines is 1. The summed E-state index contributed by atoms with van der Waals surface area (Å²) in [6, 6.07) is 6.38. The van der Waals surface area contributed by atoms with Crippen LogP contribution in [0.25, 0.3) is 0 Å². The number of alkyl halides is 1. The molecule has 2 rings (SSSR count). The van der Waals surface area contributed by atoms with E-state index in [0.717, 1.165) is 29.9 Å². The van der Waals surface area contributed by atoms with E-state index in [1.807, 2.05) is 25.1 Å². The Morgan fingerprint density at radius 3 is 2.74 bits per heavy atom. The molecule has 1 aromatic rings. The van der Waals surface area contributed by atoms with E-state index >= 15 is 0 Å². The highest BCUT2D eigenvalue weighted by Gasteiger charge is 2.19. The molecule has 106 valence electrons. The normalized spacial score (nSPS) is 20.3. The third-order valence-electron chi connectivity index (χ3n) is 3.86. The van der Waals surface area contributed by atoms with Crippen molar-refractivity contribution in [2.45, 2.75) is 51.7 Å². The van der Waals surface area contributed by atoms with Gasteiger partial charge in [-0.2, -0.15) is 0 Å². The highest BCUT2D eigenvalue weighted by Crippen LogP contribution is 2.28. The van der Waals surface area contributed by atoms with Crippen LogP contribution in [0.5, 0.6) is 0 Å². The zero-order valence-corrected chi connectivity index (χ0v) is 12.2. The van der Waals surface area contributed by atoms with Crippen LogP contribution in [0.2, 0.25) is 0 Å². The molecule has 2 nitrogen and oxygen atoms in total. The molecule has 3 heteroatoms. The van der Waals surface area contributed by atoms with Gasteiger partial charge in [0.05, 0.1) is 0 Å². The number of rotatable bonds is 4. The number of halogens is 1. The molecule has 1 unspecified atom stereocenters. The van der Waals surface area contributed by atoms with Gasteiger partial charge in [-0.1, -0.05) is 18.6 Å². The zero-order valence-electron chi connectivity index (χ0n) is 12.2. The largest absolute Gasteiger partial charge is 0.383 e. The zero-order chi connectivity index (χ0) is 13.9. The highest BCUT2D eigenvalue weighted by molar-refractivity contribution is 5.52. The van der Waals surface area contributed by atoms with Crippen molar-refractivity contribution in [1.29, 1.82) is 0 Å². The maximum absolute atomic E-state index is 13.9. The Labute approximate surface area is 115 Å². The van der Waals surface area contributed by atoms with E-state index in [9.17, 15) is 4.39 Å². The van der Waals surface area contributed by atoms with E-state index in [1.165, 1.54) is 19.3 Å². The van der Waals surface area contributed by atoms with Gasteiger partial charge in [-0.25, -0.2) is 4.39 Å². The standard InChI is InChI=1S/C16H25FN2/c1-12-10-13(16(2,3)17)7-8-15(12)19-11-14-6-4-5-9-18-14/h7-8,10,14,18-19H,4-6,9,11H2,1-3H3. The van der Waals surface area contributed by atoms with Gasteiger partial charge in [-0.15, -0.1) is 0 Å². The van der Waals surface area contributed by atoms with Crippen LogP contribution in [0, 0.1) is 6.92 Å². The molecule has 0 saturated carbocycles. The van der Waals surface area contributed by atoms with Gasteiger partial charge in [-0.05, 0) is 57.4 Å². The van der Waals surface area contributed by atoms with Gasteiger partial charge in [0.1, 0.15) is 5.67 Å². The average Bonchev–Trinajstić information content (AvgIpc) is 2.37. The van der Waals surface area contributed by atoms with Gasteiger partial charge in [-0.3, -0.25) is 0 Å². The molecule has 19 heavy (non-hydrogen) atoms. The lowest BCUT2D eigenvalue weighted by atomic mass is 9.97. The first-order chi connectivity index (χ1) is 8.97. The monoisotopic (exact) mass is 264 g/mol. The Morgan fingerprint density at radius 1 is 1.37 bits per heavy atom. The van der Waals surface area contributed by atoms with Crippen molar-refractivity contribution in [3.8, 4) is 0 Å². The summed E-state index contributed by atoms with van der Waals surface area (Å²) in [5.74, 6) is 0. The maximum atomic E-state index is 13.9. The molecule has 0 aliphatic carbocycles. The fraction of sp³-hybridized carbons (Fsp3) is 0.625. The summed E-state index contributed by atoms with van der Waals surface area (Å²) in [5.41, 5.74) is 1.69. The minimum Gasteiger partial charge on any atom is -0.383 e. The Morgan fingerprint density at radius 2 is 2.16 bits per heavy atom. The molecular weight excluding hydrogens is 239 g/mol. The Hall–Kier alpha value is -1.09. The molecule has 1 saturated heterocycles. The van der Waals surface area contributed by atoms with E-state index < -0.39 is 5.67 Å². The summed E-state index contributed by atoms with van der Waals surface area (Å²) in [7, 11) is 0. The van der Waals surface area contributed by atoms with Gasteiger partial charge >= 0.3 is 0 Å². The van der Waals surface area contributed by atoms with E-state index in [1.54, 1.807) is 13.8 Å². The molecule has 1 heterocycles. The summed E-state index contributed by atoms with van der Waals surface area (Å²) in [6.07, 6.45) is 3.84. The van der Waals surface area contributed by atoms with E-state index in [4.69, 9.17) is 0 Å². The van der Waals surface area contributed by atoms with Crippen molar-refractivity contribution < 1.29 is 4.39 Å². The molecule has 0 radical (unpaired) electrons. The van der Waals surface area contributed by atoms with Crippen LogP contribution in [-0.4, -0.2) is 19.1 Å². The molecule has 0 bridgehead atoms. The van der Waals surface area contributed by atoms with E-state index in [2.05, 4.69) is 10.6 Å². The molecular formula is C16H25FN2. The number of aryl methyl sites for hydroxylation is 1. The second-order valence-electron chi connectivity index (χ2n) is 6.03. The minimum atomic E-state index is -1.27. The summed E-state index contributed by atoms with van der Waals surface area (Å²) in [5, 5.41) is 7.00. The van der Waals surface area contributed by atoms with Gasteiger partial charge < -0.3 is 10.6 Å². The summed E-state index contributed by atoms with van der Waals surface area (Å²) >= 11 is 0. The van der Waals surface area contributed by atoms with Crippen LogP contribution in [0.3, 0.4) is 0 Å². The van der Waals surface area contributed by atoms with Gasteiger partial charge in [0.25, 0.3) is 0 Å². The van der Waals surface area contributed by atoms with Gasteiger partial charge in [0, 0.05) is 18.3 Å².